The fourth-order valence-corrected chi connectivity index (χ4v) is 3.86. The molecule has 22 heavy (non-hydrogen) atoms. The normalized spacial score (nSPS) is 25.4. The number of aromatic nitrogens is 1. The summed E-state index contributed by atoms with van der Waals surface area (Å²) in [5.41, 5.74) is 5.59. The molecule has 3 heterocycles. The van der Waals surface area contributed by atoms with Crippen molar-refractivity contribution in [3.63, 3.8) is 0 Å². The molecule has 8 heteroatoms. The number of carbonyl (C=O) groups is 1. The van der Waals surface area contributed by atoms with Gasteiger partial charge in [-0.15, -0.1) is 36.2 Å². The standard InChI is InChI=1S/C14H21N3O2S.2ClH/c15-9-11-1-2-12(19-11)14(18)17-6-3-10(4-7-17)13-16-5-8-20-13;;/h5,8,10-12H,1-4,6-7,9,15H2;2*1H/t11-,12+;;/m1../s1. The van der Waals surface area contributed by atoms with Crippen LogP contribution in [0.3, 0.4) is 0 Å². The van der Waals surface area contributed by atoms with Gasteiger partial charge in [0.1, 0.15) is 6.10 Å². The molecule has 1 amide bonds. The van der Waals surface area contributed by atoms with E-state index in [1.807, 2.05) is 16.5 Å². The van der Waals surface area contributed by atoms with E-state index >= 15 is 0 Å². The molecule has 2 saturated heterocycles. The molecular weight excluding hydrogens is 345 g/mol. The highest BCUT2D eigenvalue weighted by Crippen LogP contribution is 2.30. The lowest BCUT2D eigenvalue weighted by molar-refractivity contribution is -0.143. The Kier molecular flexibility index (Phi) is 8.07. The summed E-state index contributed by atoms with van der Waals surface area (Å²) >= 11 is 1.71. The van der Waals surface area contributed by atoms with E-state index in [0.717, 1.165) is 38.8 Å². The number of nitrogens with zero attached hydrogens (tertiary/aromatic N) is 2. The van der Waals surface area contributed by atoms with Gasteiger partial charge in [0.05, 0.1) is 11.1 Å². The molecule has 126 valence electrons. The minimum atomic E-state index is -0.264. The highest BCUT2D eigenvalue weighted by Gasteiger charge is 2.34. The number of amides is 1. The molecule has 0 aliphatic carbocycles. The first-order chi connectivity index (χ1) is 9.78. The smallest absolute Gasteiger partial charge is 0.251 e. The van der Waals surface area contributed by atoms with Gasteiger partial charge in [-0.3, -0.25) is 4.79 Å². The van der Waals surface area contributed by atoms with E-state index in [0.29, 0.717) is 12.5 Å². The first kappa shape index (κ1) is 19.6. The second-order valence-corrected chi connectivity index (χ2v) is 6.46. The van der Waals surface area contributed by atoms with E-state index in [4.69, 9.17) is 10.5 Å². The molecule has 0 spiro atoms. The summed E-state index contributed by atoms with van der Waals surface area (Å²) in [6.45, 7) is 2.14. The molecule has 0 radical (unpaired) electrons. The molecule has 1 aromatic heterocycles. The largest absolute Gasteiger partial charge is 0.364 e. The van der Waals surface area contributed by atoms with Crippen molar-refractivity contribution in [3.8, 4) is 0 Å². The SMILES string of the molecule is Cl.Cl.NC[C@H]1CC[C@@H](C(=O)N2CCC(c3nccs3)CC2)O1. The molecule has 0 saturated carbocycles. The lowest BCUT2D eigenvalue weighted by atomic mass is 9.97. The molecular formula is C14H23Cl2N3O2S. The number of piperidine rings is 1. The molecule has 0 bridgehead atoms. The van der Waals surface area contributed by atoms with E-state index in [1.54, 1.807) is 11.3 Å². The summed E-state index contributed by atoms with van der Waals surface area (Å²) < 4.78 is 5.70. The number of hydrogen-bond acceptors (Lipinski definition) is 5. The Morgan fingerprint density at radius 3 is 2.59 bits per heavy atom. The van der Waals surface area contributed by atoms with Crippen molar-refractivity contribution in [2.45, 2.75) is 43.8 Å². The van der Waals surface area contributed by atoms with Crippen molar-refractivity contribution in [1.82, 2.24) is 9.88 Å². The number of ether oxygens (including phenoxy) is 1. The monoisotopic (exact) mass is 367 g/mol. The molecule has 1 aromatic rings. The average molecular weight is 368 g/mol. The lowest BCUT2D eigenvalue weighted by Gasteiger charge is -2.32. The number of thiazole rings is 1. The third kappa shape index (κ3) is 4.32. The van der Waals surface area contributed by atoms with Crippen molar-refractivity contribution in [2.75, 3.05) is 19.6 Å². The van der Waals surface area contributed by atoms with Gasteiger partial charge in [-0.2, -0.15) is 0 Å². The Balaban J connectivity index is 0.00000121. The van der Waals surface area contributed by atoms with E-state index in [2.05, 4.69) is 4.98 Å². The van der Waals surface area contributed by atoms with Gasteiger partial charge in [0.25, 0.3) is 5.91 Å². The molecule has 5 nitrogen and oxygen atoms in total. The van der Waals surface area contributed by atoms with Gasteiger partial charge in [-0.1, -0.05) is 0 Å². The number of rotatable bonds is 3. The van der Waals surface area contributed by atoms with Crippen molar-refractivity contribution >= 4 is 42.1 Å². The van der Waals surface area contributed by atoms with Crippen LogP contribution in [0.5, 0.6) is 0 Å². The Bertz CT molecular complexity index is 453. The highest BCUT2D eigenvalue weighted by molar-refractivity contribution is 7.09. The zero-order valence-electron chi connectivity index (χ0n) is 12.3. The summed E-state index contributed by atoms with van der Waals surface area (Å²) in [5.74, 6) is 0.666. The first-order valence-corrected chi connectivity index (χ1v) is 8.19. The molecule has 2 N–H and O–H groups in total. The highest BCUT2D eigenvalue weighted by atomic mass is 35.5. The van der Waals surface area contributed by atoms with Crippen LogP contribution in [0.4, 0.5) is 0 Å². The third-order valence-corrected chi connectivity index (χ3v) is 5.19. The van der Waals surface area contributed by atoms with Crippen LogP contribution in [-0.4, -0.2) is 47.6 Å². The van der Waals surface area contributed by atoms with Crippen molar-refractivity contribution in [1.29, 1.82) is 0 Å². The molecule has 3 rings (SSSR count). The zero-order valence-corrected chi connectivity index (χ0v) is 14.8. The Labute approximate surface area is 147 Å². The van der Waals surface area contributed by atoms with Crippen LogP contribution in [0.2, 0.25) is 0 Å². The van der Waals surface area contributed by atoms with E-state index in [-0.39, 0.29) is 42.9 Å². The van der Waals surface area contributed by atoms with Gasteiger partial charge in [0.2, 0.25) is 0 Å². The van der Waals surface area contributed by atoms with Crippen molar-refractivity contribution in [3.05, 3.63) is 16.6 Å². The zero-order chi connectivity index (χ0) is 13.9. The van der Waals surface area contributed by atoms with Crippen LogP contribution >= 0.6 is 36.2 Å². The fraction of sp³-hybridized carbons (Fsp3) is 0.714. The van der Waals surface area contributed by atoms with Crippen LogP contribution in [0.1, 0.15) is 36.6 Å². The number of nitrogens with two attached hydrogens (primary N) is 1. The number of hydrogen-bond donors (Lipinski definition) is 1. The van der Waals surface area contributed by atoms with Gasteiger partial charge in [0, 0.05) is 37.1 Å². The minimum absolute atomic E-state index is 0. The predicted octanol–water partition coefficient (Wildman–Crippen LogP) is 2.20. The number of carbonyl (C=O) groups excluding carboxylic acids is 1. The molecule has 2 aliphatic heterocycles. The number of halogens is 2. The number of likely N-dealkylation sites (tertiary alicyclic amines) is 1. The van der Waals surface area contributed by atoms with Crippen molar-refractivity contribution < 1.29 is 9.53 Å². The summed E-state index contributed by atoms with van der Waals surface area (Å²) in [6, 6.07) is 0. The Morgan fingerprint density at radius 1 is 1.32 bits per heavy atom. The van der Waals surface area contributed by atoms with Gasteiger partial charge in [0.15, 0.2) is 0 Å². The van der Waals surface area contributed by atoms with Crippen LogP contribution in [-0.2, 0) is 9.53 Å². The van der Waals surface area contributed by atoms with Crippen LogP contribution in [0, 0.1) is 0 Å². The Morgan fingerprint density at radius 2 is 2.05 bits per heavy atom. The second kappa shape index (κ2) is 9.03. The quantitative estimate of drug-likeness (QED) is 0.888. The fourth-order valence-electron chi connectivity index (χ4n) is 3.05. The van der Waals surface area contributed by atoms with Gasteiger partial charge >= 0.3 is 0 Å². The molecule has 0 unspecified atom stereocenters. The average Bonchev–Trinajstić information content (AvgIpc) is 3.18. The van der Waals surface area contributed by atoms with E-state index < -0.39 is 0 Å². The van der Waals surface area contributed by atoms with Gasteiger partial charge in [-0.25, -0.2) is 4.98 Å². The maximum absolute atomic E-state index is 12.4. The third-order valence-electron chi connectivity index (χ3n) is 4.25. The molecule has 2 fully saturated rings. The van der Waals surface area contributed by atoms with E-state index in [1.165, 1.54) is 5.01 Å². The van der Waals surface area contributed by atoms with Gasteiger partial charge < -0.3 is 15.4 Å². The van der Waals surface area contributed by atoms with Gasteiger partial charge in [-0.05, 0) is 25.7 Å². The predicted molar refractivity (Wildman–Crippen MR) is 92.1 cm³/mol. The summed E-state index contributed by atoms with van der Waals surface area (Å²) in [4.78, 5) is 18.7. The van der Waals surface area contributed by atoms with Crippen LogP contribution < -0.4 is 5.73 Å². The maximum Gasteiger partial charge on any atom is 0.251 e. The Hall–Kier alpha value is -0.400. The molecule has 2 aliphatic rings. The first-order valence-electron chi connectivity index (χ1n) is 7.31. The van der Waals surface area contributed by atoms with E-state index in [9.17, 15) is 4.79 Å². The maximum atomic E-state index is 12.4. The summed E-state index contributed by atoms with van der Waals surface area (Å²) in [7, 11) is 0. The van der Waals surface area contributed by atoms with Crippen LogP contribution in [0.15, 0.2) is 11.6 Å². The topological polar surface area (TPSA) is 68.5 Å². The minimum Gasteiger partial charge on any atom is -0.364 e. The van der Waals surface area contributed by atoms with Crippen molar-refractivity contribution in [2.24, 2.45) is 5.73 Å². The second-order valence-electron chi connectivity index (χ2n) is 5.53. The molecule has 0 aromatic carbocycles. The van der Waals surface area contributed by atoms with Crippen LogP contribution in [0.25, 0.3) is 0 Å². The summed E-state index contributed by atoms with van der Waals surface area (Å²) in [5, 5.41) is 3.23. The lowest BCUT2D eigenvalue weighted by Crippen LogP contribution is -2.43. The summed E-state index contributed by atoms with van der Waals surface area (Å²) in [6.07, 6.45) is 5.39. The molecule has 2 atom stereocenters.